The van der Waals surface area contributed by atoms with E-state index >= 15 is 0 Å². The summed E-state index contributed by atoms with van der Waals surface area (Å²) in [6, 6.07) is 8.40. The van der Waals surface area contributed by atoms with Crippen LogP contribution in [0, 0.1) is 18.6 Å². The summed E-state index contributed by atoms with van der Waals surface area (Å²) in [5.41, 5.74) is 2.08. The molecule has 0 aliphatic heterocycles. The number of H-pyrrole nitrogens is 1. The molecule has 1 aromatic carbocycles. The predicted octanol–water partition coefficient (Wildman–Crippen LogP) is 5.03. The molecule has 3 heterocycles. The molecule has 0 fully saturated rings. The highest BCUT2D eigenvalue weighted by Crippen LogP contribution is 2.31. The number of nitrogens with zero attached hydrogens (tertiary/aromatic N) is 2. The van der Waals surface area contributed by atoms with E-state index in [1.165, 1.54) is 6.92 Å². The van der Waals surface area contributed by atoms with Crippen molar-refractivity contribution in [1.29, 1.82) is 0 Å². The summed E-state index contributed by atoms with van der Waals surface area (Å²) < 4.78 is 56.0. The standard InChI is InChI=1S/C23H23F2N5O2S/c1-3-9-33(31,32)30-18-10-14(2)20(24)22(21(18)25)29-19-7-6-15(12-27-19)11-16-13-28-23-17(16)5-4-8-26-23/h4-8,10,12-13,30H,3,9,11H2,1-2H3,(H,26,28)(H,27,29). The number of benzene rings is 1. The molecule has 3 aromatic heterocycles. The van der Waals surface area contributed by atoms with E-state index in [4.69, 9.17) is 0 Å². The number of nitrogens with one attached hydrogen (secondary N) is 3. The third-order valence-corrected chi connectivity index (χ3v) is 6.61. The molecule has 3 N–H and O–H groups in total. The normalized spacial score (nSPS) is 11.6. The van der Waals surface area contributed by atoms with Gasteiger partial charge in [0, 0.05) is 30.4 Å². The molecule has 0 bridgehead atoms. The van der Waals surface area contributed by atoms with Gasteiger partial charge in [0.15, 0.2) is 11.6 Å². The van der Waals surface area contributed by atoms with Crippen LogP contribution in [-0.2, 0) is 16.4 Å². The lowest BCUT2D eigenvalue weighted by Gasteiger charge is -2.15. The monoisotopic (exact) mass is 471 g/mol. The van der Waals surface area contributed by atoms with Crippen molar-refractivity contribution in [2.45, 2.75) is 26.7 Å². The first kappa shape index (κ1) is 22.7. The van der Waals surface area contributed by atoms with Crippen LogP contribution < -0.4 is 10.0 Å². The Balaban J connectivity index is 1.56. The van der Waals surface area contributed by atoms with E-state index in [1.807, 2.05) is 18.3 Å². The van der Waals surface area contributed by atoms with Gasteiger partial charge < -0.3 is 10.3 Å². The third kappa shape index (κ3) is 4.95. The van der Waals surface area contributed by atoms with E-state index in [2.05, 4.69) is 25.0 Å². The van der Waals surface area contributed by atoms with Gasteiger partial charge in [-0.2, -0.15) is 0 Å². The smallest absolute Gasteiger partial charge is 0.232 e. The summed E-state index contributed by atoms with van der Waals surface area (Å²) in [5, 5.41) is 3.66. The molecule has 0 aliphatic rings. The van der Waals surface area contributed by atoms with Gasteiger partial charge in [-0.1, -0.05) is 13.0 Å². The van der Waals surface area contributed by atoms with Crippen LogP contribution in [0.5, 0.6) is 0 Å². The Kier molecular flexibility index (Phi) is 6.28. The highest BCUT2D eigenvalue weighted by atomic mass is 32.2. The van der Waals surface area contributed by atoms with E-state index < -0.39 is 27.3 Å². The first-order valence-corrected chi connectivity index (χ1v) is 12.0. The molecule has 0 amide bonds. The number of fused-ring (bicyclic) bond motifs is 1. The molecule has 0 unspecified atom stereocenters. The molecule has 172 valence electrons. The number of sulfonamides is 1. The van der Waals surface area contributed by atoms with Gasteiger partial charge in [0.2, 0.25) is 10.0 Å². The van der Waals surface area contributed by atoms with Crippen LogP contribution in [0.2, 0.25) is 0 Å². The summed E-state index contributed by atoms with van der Waals surface area (Å²) in [5.74, 6) is -1.79. The molecule has 4 aromatic rings. The van der Waals surface area contributed by atoms with E-state index in [1.54, 1.807) is 31.5 Å². The van der Waals surface area contributed by atoms with Crippen molar-refractivity contribution >= 4 is 38.2 Å². The van der Waals surface area contributed by atoms with Crippen molar-refractivity contribution in [3.63, 3.8) is 0 Å². The highest BCUT2D eigenvalue weighted by molar-refractivity contribution is 7.92. The van der Waals surface area contributed by atoms with Gasteiger partial charge >= 0.3 is 0 Å². The van der Waals surface area contributed by atoms with Crippen LogP contribution in [0.3, 0.4) is 0 Å². The highest BCUT2D eigenvalue weighted by Gasteiger charge is 2.20. The van der Waals surface area contributed by atoms with Crippen molar-refractivity contribution in [2.75, 3.05) is 15.8 Å². The molecule has 0 spiro atoms. The molecule has 0 radical (unpaired) electrons. The van der Waals surface area contributed by atoms with Gasteiger partial charge in [0.25, 0.3) is 0 Å². The number of aryl methyl sites for hydroxylation is 1. The molecule has 0 saturated carbocycles. The fourth-order valence-corrected chi connectivity index (χ4v) is 4.68. The number of anilines is 3. The summed E-state index contributed by atoms with van der Waals surface area (Å²) in [6.07, 6.45) is 6.20. The van der Waals surface area contributed by atoms with E-state index in [0.29, 0.717) is 12.8 Å². The van der Waals surface area contributed by atoms with Crippen molar-refractivity contribution in [2.24, 2.45) is 0 Å². The molecule has 0 atom stereocenters. The molecule has 33 heavy (non-hydrogen) atoms. The van der Waals surface area contributed by atoms with Crippen LogP contribution in [-0.4, -0.2) is 29.1 Å². The maximum atomic E-state index is 15.0. The summed E-state index contributed by atoms with van der Waals surface area (Å²) >= 11 is 0. The lowest BCUT2D eigenvalue weighted by molar-refractivity contribution is 0.584. The second-order valence-electron chi connectivity index (χ2n) is 7.73. The first-order chi connectivity index (χ1) is 15.8. The maximum Gasteiger partial charge on any atom is 0.232 e. The molecule has 0 aliphatic carbocycles. The average molecular weight is 472 g/mol. The zero-order valence-corrected chi connectivity index (χ0v) is 18.9. The van der Waals surface area contributed by atoms with E-state index in [0.717, 1.165) is 28.2 Å². The Bertz CT molecular complexity index is 1400. The van der Waals surface area contributed by atoms with Crippen LogP contribution in [0.4, 0.5) is 26.0 Å². The van der Waals surface area contributed by atoms with Gasteiger partial charge in [-0.05, 0) is 54.3 Å². The Morgan fingerprint density at radius 3 is 2.67 bits per heavy atom. The minimum absolute atomic E-state index is 0.0951. The van der Waals surface area contributed by atoms with Gasteiger partial charge in [0.1, 0.15) is 17.2 Å². The second-order valence-corrected chi connectivity index (χ2v) is 9.57. The van der Waals surface area contributed by atoms with Crippen molar-refractivity contribution in [3.8, 4) is 0 Å². The van der Waals surface area contributed by atoms with Gasteiger partial charge in [-0.3, -0.25) is 4.72 Å². The minimum Gasteiger partial charge on any atom is -0.346 e. The average Bonchev–Trinajstić information content (AvgIpc) is 3.19. The van der Waals surface area contributed by atoms with Crippen molar-refractivity contribution in [1.82, 2.24) is 15.0 Å². The number of aromatic nitrogens is 3. The Morgan fingerprint density at radius 1 is 1.12 bits per heavy atom. The Labute approximate surface area is 190 Å². The van der Waals surface area contributed by atoms with Crippen molar-refractivity contribution in [3.05, 3.63) is 77.2 Å². The van der Waals surface area contributed by atoms with Crippen LogP contribution in [0.25, 0.3) is 11.0 Å². The molecule has 7 nitrogen and oxygen atoms in total. The van der Waals surface area contributed by atoms with Crippen LogP contribution >= 0.6 is 0 Å². The van der Waals surface area contributed by atoms with Gasteiger partial charge in [0.05, 0.1) is 11.4 Å². The summed E-state index contributed by atoms with van der Waals surface area (Å²) in [6.45, 7) is 3.13. The van der Waals surface area contributed by atoms with Gasteiger partial charge in [-0.25, -0.2) is 27.2 Å². The fourth-order valence-electron chi connectivity index (χ4n) is 3.55. The number of pyridine rings is 2. The third-order valence-electron chi connectivity index (χ3n) is 5.13. The second kappa shape index (κ2) is 9.14. The zero-order chi connectivity index (χ0) is 23.6. The number of hydrogen-bond donors (Lipinski definition) is 3. The van der Waals surface area contributed by atoms with E-state index in [9.17, 15) is 17.2 Å². The number of rotatable bonds is 8. The first-order valence-electron chi connectivity index (χ1n) is 10.4. The summed E-state index contributed by atoms with van der Waals surface area (Å²) in [7, 11) is -3.74. The largest absolute Gasteiger partial charge is 0.346 e. The Morgan fingerprint density at radius 2 is 1.94 bits per heavy atom. The molecular formula is C23H23F2N5O2S. The number of aromatic amines is 1. The minimum atomic E-state index is -3.74. The van der Waals surface area contributed by atoms with Gasteiger partial charge in [-0.15, -0.1) is 0 Å². The zero-order valence-electron chi connectivity index (χ0n) is 18.1. The van der Waals surface area contributed by atoms with E-state index in [-0.39, 0.29) is 22.8 Å². The molecule has 4 rings (SSSR count). The van der Waals surface area contributed by atoms with Crippen LogP contribution in [0.15, 0.2) is 48.9 Å². The number of halogens is 2. The van der Waals surface area contributed by atoms with Crippen molar-refractivity contribution < 1.29 is 17.2 Å². The Hall–Kier alpha value is -3.53. The summed E-state index contributed by atoms with van der Waals surface area (Å²) in [4.78, 5) is 11.7. The maximum absolute atomic E-state index is 15.0. The lowest BCUT2D eigenvalue weighted by Crippen LogP contribution is -2.18. The topological polar surface area (TPSA) is 99.8 Å². The molecule has 10 heteroatoms. The quantitative estimate of drug-likeness (QED) is 0.335. The molecular weight excluding hydrogens is 448 g/mol. The number of hydrogen-bond acceptors (Lipinski definition) is 5. The molecule has 0 saturated heterocycles. The fraction of sp³-hybridized carbons (Fsp3) is 0.217. The van der Waals surface area contributed by atoms with Crippen LogP contribution in [0.1, 0.15) is 30.0 Å². The predicted molar refractivity (Wildman–Crippen MR) is 125 cm³/mol. The lowest BCUT2D eigenvalue weighted by atomic mass is 10.1. The SMILES string of the molecule is CCCS(=O)(=O)Nc1cc(C)c(F)c(Nc2ccc(Cc3c[nH]c4ncccc34)cn2)c1F.